The largest absolute Gasteiger partial charge is 0.390 e. The zero-order valence-corrected chi connectivity index (χ0v) is 12.0. The fourth-order valence-electron chi connectivity index (χ4n) is 1.88. The van der Waals surface area contributed by atoms with Crippen LogP contribution in [-0.4, -0.2) is 20.8 Å². The first-order valence-corrected chi connectivity index (χ1v) is 6.79. The molecule has 0 aliphatic carbocycles. The summed E-state index contributed by atoms with van der Waals surface area (Å²) in [5.41, 5.74) is -0.149. The predicted octanol–water partition coefficient (Wildman–Crippen LogP) is 3.58. The second-order valence-corrected chi connectivity index (χ2v) is 5.88. The maximum atomic E-state index is 10.5. The van der Waals surface area contributed by atoms with E-state index in [2.05, 4.69) is 44.8 Å². The van der Waals surface area contributed by atoms with Crippen molar-refractivity contribution < 1.29 is 5.11 Å². The molecule has 0 fully saturated rings. The Morgan fingerprint density at radius 1 is 1.39 bits per heavy atom. The molecular weight excluding hydrogens is 224 g/mol. The van der Waals surface area contributed by atoms with Gasteiger partial charge in [-0.15, -0.1) is 0 Å². The minimum absolute atomic E-state index is 0.0376. The van der Waals surface area contributed by atoms with E-state index in [0.717, 1.165) is 6.42 Å². The summed E-state index contributed by atoms with van der Waals surface area (Å²) in [6.07, 6.45) is 12.7. The SMILES string of the molecule is CCCCC=CC(C(O)C(C)(C)C)n1ccnc1. The van der Waals surface area contributed by atoms with E-state index < -0.39 is 6.10 Å². The minimum Gasteiger partial charge on any atom is -0.390 e. The van der Waals surface area contributed by atoms with E-state index in [4.69, 9.17) is 0 Å². The number of hydrogen-bond donors (Lipinski definition) is 1. The van der Waals surface area contributed by atoms with Crippen molar-refractivity contribution in [3.63, 3.8) is 0 Å². The fraction of sp³-hybridized carbons (Fsp3) is 0.667. The van der Waals surface area contributed by atoms with Crippen molar-refractivity contribution in [2.75, 3.05) is 0 Å². The maximum Gasteiger partial charge on any atom is 0.0952 e. The van der Waals surface area contributed by atoms with Gasteiger partial charge < -0.3 is 9.67 Å². The Labute approximate surface area is 111 Å². The Morgan fingerprint density at radius 2 is 2.11 bits per heavy atom. The van der Waals surface area contributed by atoms with Crippen LogP contribution in [0.1, 0.15) is 53.0 Å². The van der Waals surface area contributed by atoms with Crippen molar-refractivity contribution in [3.8, 4) is 0 Å². The first-order valence-electron chi connectivity index (χ1n) is 6.79. The molecular formula is C15H26N2O. The van der Waals surface area contributed by atoms with Crippen molar-refractivity contribution in [3.05, 3.63) is 30.9 Å². The summed E-state index contributed by atoms with van der Waals surface area (Å²) in [4.78, 5) is 4.07. The first-order chi connectivity index (χ1) is 8.46. The van der Waals surface area contributed by atoms with Gasteiger partial charge in [-0.3, -0.25) is 0 Å². The fourth-order valence-corrected chi connectivity index (χ4v) is 1.88. The van der Waals surface area contributed by atoms with Crippen LogP contribution in [0.4, 0.5) is 0 Å². The molecule has 1 aromatic heterocycles. The number of aliphatic hydroxyl groups is 1. The Hall–Kier alpha value is -1.09. The molecule has 102 valence electrons. The van der Waals surface area contributed by atoms with E-state index in [1.54, 1.807) is 12.5 Å². The lowest BCUT2D eigenvalue weighted by Gasteiger charge is -2.32. The van der Waals surface area contributed by atoms with Crippen LogP contribution in [0.3, 0.4) is 0 Å². The van der Waals surface area contributed by atoms with E-state index in [9.17, 15) is 5.11 Å². The highest BCUT2D eigenvalue weighted by molar-refractivity contribution is 5.01. The summed E-state index contributed by atoms with van der Waals surface area (Å²) < 4.78 is 1.97. The second-order valence-electron chi connectivity index (χ2n) is 5.88. The molecule has 0 bridgehead atoms. The highest BCUT2D eigenvalue weighted by atomic mass is 16.3. The average Bonchev–Trinajstić information content (AvgIpc) is 2.80. The van der Waals surface area contributed by atoms with Gasteiger partial charge in [0.2, 0.25) is 0 Å². The van der Waals surface area contributed by atoms with Gasteiger partial charge in [0.25, 0.3) is 0 Å². The zero-order valence-electron chi connectivity index (χ0n) is 12.0. The van der Waals surface area contributed by atoms with Crippen LogP contribution >= 0.6 is 0 Å². The number of allylic oxidation sites excluding steroid dienone is 1. The number of unbranched alkanes of at least 4 members (excludes halogenated alkanes) is 2. The van der Waals surface area contributed by atoms with Crippen molar-refractivity contribution in [1.82, 2.24) is 9.55 Å². The summed E-state index contributed by atoms with van der Waals surface area (Å²) >= 11 is 0. The molecule has 1 N–H and O–H groups in total. The van der Waals surface area contributed by atoms with Gasteiger partial charge in [0.05, 0.1) is 18.5 Å². The molecule has 0 aliphatic heterocycles. The number of aliphatic hydroxyl groups excluding tert-OH is 1. The van der Waals surface area contributed by atoms with Crippen LogP contribution in [-0.2, 0) is 0 Å². The molecule has 2 atom stereocenters. The normalized spacial score (nSPS) is 16.1. The highest BCUT2D eigenvalue weighted by Gasteiger charge is 2.29. The van der Waals surface area contributed by atoms with Crippen LogP contribution in [0.5, 0.6) is 0 Å². The summed E-state index contributed by atoms with van der Waals surface area (Å²) in [6, 6.07) is -0.0376. The zero-order chi connectivity index (χ0) is 13.6. The van der Waals surface area contributed by atoms with E-state index >= 15 is 0 Å². The molecule has 0 saturated carbocycles. The Bertz CT molecular complexity index is 349. The van der Waals surface area contributed by atoms with Gasteiger partial charge in [0.1, 0.15) is 0 Å². The third kappa shape index (κ3) is 4.30. The second kappa shape index (κ2) is 6.74. The lowest BCUT2D eigenvalue weighted by atomic mass is 9.84. The van der Waals surface area contributed by atoms with Crippen molar-refractivity contribution in [2.24, 2.45) is 5.41 Å². The van der Waals surface area contributed by atoms with Gasteiger partial charge in [0.15, 0.2) is 0 Å². The summed E-state index contributed by atoms with van der Waals surface area (Å²) in [5, 5.41) is 10.5. The standard InChI is InChI=1S/C15H26N2O/c1-5-6-7-8-9-13(14(18)15(2,3)4)17-11-10-16-12-17/h8-14,18H,5-7H2,1-4H3. The van der Waals surface area contributed by atoms with Crippen molar-refractivity contribution >= 4 is 0 Å². The quantitative estimate of drug-likeness (QED) is 0.619. The molecule has 0 saturated heterocycles. The lowest BCUT2D eigenvalue weighted by molar-refractivity contribution is 0.0320. The number of hydrogen-bond acceptors (Lipinski definition) is 2. The van der Waals surface area contributed by atoms with Gasteiger partial charge in [-0.1, -0.05) is 52.7 Å². The smallest absolute Gasteiger partial charge is 0.0952 e. The van der Waals surface area contributed by atoms with Crippen LogP contribution in [0.2, 0.25) is 0 Å². The highest BCUT2D eigenvalue weighted by Crippen LogP contribution is 2.29. The van der Waals surface area contributed by atoms with Crippen LogP contribution in [0.15, 0.2) is 30.9 Å². The monoisotopic (exact) mass is 250 g/mol. The molecule has 1 aromatic rings. The summed E-state index contributed by atoms with van der Waals surface area (Å²) in [6.45, 7) is 8.36. The van der Waals surface area contributed by atoms with Crippen LogP contribution < -0.4 is 0 Å². The maximum absolute atomic E-state index is 10.5. The molecule has 0 aliphatic rings. The number of nitrogens with zero attached hydrogens (tertiary/aromatic N) is 2. The van der Waals surface area contributed by atoms with Gasteiger partial charge in [0, 0.05) is 12.4 Å². The predicted molar refractivity (Wildman–Crippen MR) is 75.4 cm³/mol. The van der Waals surface area contributed by atoms with Gasteiger partial charge in [-0.25, -0.2) is 4.98 Å². The molecule has 0 amide bonds. The Balaban J connectivity index is 2.80. The van der Waals surface area contributed by atoms with Crippen molar-refractivity contribution in [1.29, 1.82) is 0 Å². The van der Waals surface area contributed by atoms with Gasteiger partial charge in [-0.05, 0) is 11.8 Å². The summed E-state index contributed by atoms with van der Waals surface area (Å²) in [7, 11) is 0. The summed E-state index contributed by atoms with van der Waals surface area (Å²) in [5.74, 6) is 0. The molecule has 3 heteroatoms. The number of rotatable bonds is 6. The number of imidazole rings is 1. The molecule has 0 spiro atoms. The first kappa shape index (κ1) is 15.0. The molecule has 18 heavy (non-hydrogen) atoms. The minimum atomic E-state index is -0.426. The van der Waals surface area contributed by atoms with Crippen molar-refractivity contribution in [2.45, 2.75) is 59.1 Å². The molecule has 0 aromatic carbocycles. The number of aromatic nitrogens is 2. The average molecular weight is 250 g/mol. The van der Waals surface area contributed by atoms with Gasteiger partial charge in [-0.2, -0.15) is 0 Å². The topological polar surface area (TPSA) is 38.0 Å². The molecule has 1 heterocycles. The third-order valence-corrected chi connectivity index (χ3v) is 3.14. The molecule has 0 radical (unpaired) electrons. The molecule has 1 rings (SSSR count). The van der Waals surface area contributed by atoms with Gasteiger partial charge >= 0.3 is 0 Å². The molecule has 2 unspecified atom stereocenters. The third-order valence-electron chi connectivity index (χ3n) is 3.14. The van der Waals surface area contributed by atoms with E-state index in [1.807, 2.05) is 10.8 Å². The Kier molecular flexibility index (Phi) is 5.60. The lowest BCUT2D eigenvalue weighted by Crippen LogP contribution is -2.34. The van der Waals surface area contributed by atoms with Crippen LogP contribution in [0.25, 0.3) is 0 Å². The van der Waals surface area contributed by atoms with E-state index in [-0.39, 0.29) is 11.5 Å². The van der Waals surface area contributed by atoms with E-state index in [0.29, 0.717) is 0 Å². The van der Waals surface area contributed by atoms with Crippen LogP contribution in [0, 0.1) is 5.41 Å². The molecule has 3 nitrogen and oxygen atoms in total. The Morgan fingerprint density at radius 3 is 2.61 bits per heavy atom. The van der Waals surface area contributed by atoms with E-state index in [1.165, 1.54) is 12.8 Å².